The zero-order valence-corrected chi connectivity index (χ0v) is 14.2. The lowest BCUT2D eigenvalue weighted by atomic mass is 10.1. The molecule has 0 atom stereocenters. The van der Waals surface area contributed by atoms with Crippen molar-refractivity contribution in [3.8, 4) is 0 Å². The summed E-state index contributed by atoms with van der Waals surface area (Å²) in [6, 6.07) is 14.5. The quantitative estimate of drug-likeness (QED) is 0.212. The van der Waals surface area contributed by atoms with Gasteiger partial charge in [0.25, 0.3) is 5.91 Å². The molecule has 2 aromatic carbocycles. The Labute approximate surface area is 149 Å². The molecule has 0 bridgehead atoms. The van der Waals surface area contributed by atoms with Crippen molar-refractivity contribution in [2.75, 3.05) is 11.1 Å². The van der Waals surface area contributed by atoms with E-state index in [0.717, 1.165) is 16.5 Å². The number of benzene rings is 2. The Hall–Kier alpha value is -3.81. The molecule has 1 heterocycles. The number of carbonyl (C=O) groups is 1. The van der Waals surface area contributed by atoms with Crippen LogP contribution in [-0.4, -0.2) is 22.6 Å². The largest absolute Gasteiger partial charge is 0.397 e. The first kappa shape index (κ1) is 17.0. The summed E-state index contributed by atoms with van der Waals surface area (Å²) in [5.41, 5.74) is 20.3. The Kier molecular flexibility index (Phi) is 4.57. The first-order valence-corrected chi connectivity index (χ1v) is 7.86. The number of guanidine groups is 1. The molecule has 132 valence electrons. The van der Waals surface area contributed by atoms with Gasteiger partial charge in [0.05, 0.1) is 16.9 Å². The first-order valence-electron chi connectivity index (χ1n) is 7.86. The van der Waals surface area contributed by atoms with E-state index in [1.165, 1.54) is 0 Å². The number of hydrogen-bond donors (Lipinski definition) is 5. The van der Waals surface area contributed by atoms with E-state index in [9.17, 15) is 4.79 Å². The van der Waals surface area contributed by atoms with Gasteiger partial charge in [0.2, 0.25) is 5.96 Å². The fraction of sp³-hybridized carbons (Fsp3) is 0.0556. The molecular weight excluding hydrogens is 330 g/mol. The normalized spacial score (nSPS) is 11.3. The van der Waals surface area contributed by atoms with Gasteiger partial charge >= 0.3 is 0 Å². The van der Waals surface area contributed by atoms with Crippen molar-refractivity contribution >= 4 is 39.9 Å². The van der Waals surface area contributed by atoms with Gasteiger partial charge in [0.1, 0.15) is 5.69 Å². The lowest BCUT2D eigenvalue weighted by molar-refractivity contribution is 0.102. The highest BCUT2D eigenvalue weighted by molar-refractivity contribution is 6.07. The number of nitrogens with one attached hydrogen (secondary N) is 2. The van der Waals surface area contributed by atoms with Gasteiger partial charge in [-0.2, -0.15) is 5.10 Å². The van der Waals surface area contributed by atoms with Crippen LogP contribution >= 0.6 is 0 Å². The molecule has 3 rings (SSSR count). The minimum absolute atomic E-state index is 0.104. The van der Waals surface area contributed by atoms with E-state index < -0.39 is 0 Å². The number of nitrogen functional groups attached to an aromatic ring is 1. The van der Waals surface area contributed by atoms with Crippen molar-refractivity contribution in [3.05, 3.63) is 59.8 Å². The van der Waals surface area contributed by atoms with Gasteiger partial charge in [0, 0.05) is 11.1 Å². The van der Waals surface area contributed by atoms with E-state index in [1.807, 2.05) is 24.3 Å². The molecule has 1 amide bonds. The number of H-pyrrole nitrogens is 1. The molecular formula is C18H19N7O. The number of nitrogens with zero attached hydrogens (tertiary/aromatic N) is 2. The maximum absolute atomic E-state index is 12.4. The molecule has 8 nitrogen and oxygen atoms in total. The smallest absolute Gasteiger partial charge is 0.272 e. The molecule has 8 heteroatoms. The van der Waals surface area contributed by atoms with Crippen LogP contribution in [0, 0.1) is 0 Å². The number of para-hydroxylation sites is 1. The second-order valence-corrected chi connectivity index (χ2v) is 5.74. The molecule has 0 saturated heterocycles. The summed E-state index contributed by atoms with van der Waals surface area (Å²) in [5, 5.41) is 11.3. The van der Waals surface area contributed by atoms with Crippen molar-refractivity contribution in [1.82, 2.24) is 4.98 Å². The van der Waals surface area contributed by atoms with Crippen LogP contribution in [-0.2, 0) is 0 Å². The highest BCUT2D eigenvalue weighted by Crippen LogP contribution is 2.22. The standard InChI is InChI=1S/C18H19N7O/c1-10(24-25-18(20)21)11-5-7-13(8-6-11)22-17(26)15-9-12-3-2-4-14(19)16(12)23-15/h2-9,23H,19H2,1H3,(H,22,26)(H4,20,21,25)/b24-10+. The van der Waals surface area contributed by atoms with Gasteiger partial charge in [-0.15, -0.1) is 5.10 Å². The van der Waals surface area contributed by atoms with Crippen molar-refractivity contribution in [2.45, 2.75) is 6.92 Å². The zero-order valence-electron chi connectivity index (χ0n) is 14.2. The second-order valence-electron chi connectivity index (χ2n) is 5.74. The number of aromatic nitrogens is 1. The van der Waals surface area contributed by atoms with Crippen molar-refractivity contribution in [3.63, 3.8) is 0 Å². The molecule has 0 aliphatic heterocycles. The summed E-state index contributed by atoms with van der Waals surface area (Å²) < 4.78 is 0. The van der Waals surface area contributed by atoms with Crippen LogP contribution < -0.4 is 22.5 Å². The summed E-state index contributed by atoms with van der Waals surface area (Å²) in [4.78, 5) is 15.5. The predicted octanol–water partition coefficient (Wildman–Crippen LogP) is 2.00. The average molecular weight is 349 g/mol. The van der Waals surface area contributed by atoms with E-state index in [2.05, 4.69) is 20.5 Å². The van der Waals surface area contributed by atoms with Gasteiger partial charge in [0.15, 0.2) is 0 Å². The van der Waals surface area contributed by atoms with Gasteiger partial charge in [-0.05, 0) is 36.8 Å². The van der Waals surface area contributed by atoms with Crippen molar-refractivity contribution < 1.29 is 4.79 Å². The van der Waals surface area contributed by atoms with Gasteiger partial charge < -0.3 is 27.5 Å². The number of rotatable bonds is 4. The average Bonchev–Trinajstić information content (AvgIpc) is 3.06. The summed E-state index contributed by atoms with van der Waals surface area (Å²) in [7, 11) is 0. The van der Waals surface area contributed by atoms with E-state index in [0.29, 0.717) is 22.8 Å². The van der Waals surface area contributed by atoms with Crippen LogP contribution in [0.1, 0.15) is 23.0 Å². The SMILES string of the molecule is C/C(=N\N=C(N)N)c1ccc(NC(=O)c2cc3cccc(N)c3[nH]2)cc1. The molecule has 0 unspecified atom stereocenters. The topological polar surface area (TPSA) is 148 Å². The maximum Gasteiger partial charge on any atom is 0.272 e. The summed E-state index contributed by atoms with van der Waals surface area (Å²) in [5.74, 6) is -0.355. The predicted molar refractivity (Wildman–Crippen MR) is 105 cm³/mol. The molecule has 0 aliphatic rings. The molecule has 0 aliphatic carbocycles. The zero-order chi connectivity index (χ0) is 18.7. The third-order valence-corrected chi connectivity index (χ3v) is 3.81. The lowest BCUT2D eigenvalue weighted by Gasteiger charge is -2.05. The number of fused-ring (bicyclic) bond motifs is 1. The van der Waals surface area contributed by atoms with Crippen LogP contribution in [0.3, 0.4) is 0 Å². The Bertz CT molecular complexity index is 1010. The Balaban J connectivity index is 1.76. The monoisotopic (exact) mass is 349 g/mol. The molecule has 0 fully saturated rings. The van der Waals surface area contributed by atoms with Crippen molar-refractivity contribution in [1.29, 1.82) is 0 Å². The summed E-state index contributed by atoms with van der Waals surface area (Å²) >= 11 is 0. The third-order valence-electron chi connectivity index (χ3n) is 3.81. The molecule has 3 aromatic rings. The third kappa shape index (κ3) is 3.64. The molecule has 0 spiro atoms. The number of amides is 1. The van der Waals surface area contributed by atoms with Crippen molar-refractivity contribution in [2.24, 2.45) is 21.7 Å². The van der Waals surface area contributed by atoms with E-state index in [-0.39, 0.29) is 11.9 Å². The Morgan fingerprint density at radius 2 is 1.81 bits per heavy atom. The summed E-state index contributed by atoms with van der Waals surface area (Å²) in [6.07, 6.45) is 0. The van der Waals surface area contributed by atoms with Crippen LogP contribution in [0.2, 0.25) is 0 Å². The Morgan fingerprint density at radius 3 is 2.46 bits per heavy atom. The van der Waals surface area contributed by atoms with E-state index in [1.54, 1.807) is 31.2 Å². The maximum atomic E-state index is 12.4. The molecule has 1 aromatic heterocycles. The first-order chi connectivity index (χ1) is 12.4. The highest BCUT2D eigenvalue weighted by atomic mass is 16.1. The van der Waals surface area contributed by atoms with Gasteiger partial charge in [-0.25, -0.2) is 0 Å². The minimum Gasteiger partial charge on any atom is -0.397 e. The fourth-order valence-corrected chi connectivity index (χ4v) is 2.49. The minimum atomic E-state index is -0.251. The van der Waals surface area contributed by atoms with Crippen LogP contribution in [0.4, 0.5) is 11.4 Å². The van der Waals surface area contributed by atoms with E-state index in [4.69, 9.17) is 17.2 Å². The number of anilines is 2. The van der Waals surface area contributed by atoms with Gasteiger partial charge in [-0.1, -0.05) is 24.3 Å². The highest BCUT2D eigenvalue weighted by Gasteiger charge is 2.11. The number of nitrogens with two attached hydrogens (primary N) is 3. The molecule has 8 N–H and O–H groups in total. The second kappa shape index (κ2) is 6.98. The lowest BCUT2D eigenvalue weighted by Crippen LogP contribution is -2.22. The number of carbonyl (C=O) groups excluding carboxylic acids is 1. The molecule has 0 saturated carbocycles. The number of hydrogen-bond acceptors (Lipinski definition) is 4. The molecule has 26 heavy (non-hydrogen) atoms. The summed E-state index contributed by atoms with van der Waals surface area (Å²) in [6.45, 7) is 1.79. The molecule has 0 radical (unpaired) electrons. The van der Waals surface area contributed by atoms with Gasteiger partial charge in [-0.3, -0.25) is 4.79 Å². The number of aromatic amines is 1. The fourth-order valence-electron chi connectivity index (χ4n) is 2.49. The van der Waals surface area contributed by atoms with Crippen LogP contribution in [0.25, 0.3) is 10.9 Å². The van der Waals surface area contributed by atoms with Crippen LogP contribution in [0.5, 0.6) is 0 Å². The van der Waals surface area contributed by atoms with Crippen LogP contribution in [0.15, 0.2) is 58.7 Å². The Morgan fingerprint density at radius 1 is 1.08 bits per heavy atom. The van der Waals surface area contributed by atoms with E-state index >= 15 is 0 Å².